The summed E-state index contributed by atoms with van der Waals surface area (Å²) in [4.78, 5) is 0. The fourth-order valence-electron chi connectivity index (χ4n) is 5.08. The van der Waals surface area contributed by atoms with Crippen LogP contribution in [0.2, 0.25) is 0 Å². The molecule has 2 saturated carbocycles. The molecule has 1 heteroatoms. The molecule has 0 aliphatic heterocycles. The second kappa shape index (κ2) is 6.41. The van der Waals surface area contributed by atoms with E-state index in [1.807, 2.05) is 0 Å². The summed E-state index contributed by atoms with van der Waals surface area (Å²) in [6, 6.07) is 0. The number of hydrogen-bond acceptors (Lipinski definition) is 1. The van der Waals surface area contributed by atoms with E-state index >= 15 is 0 Å². The van der Waals surface area contributed by atoms with Gasteiger partial charge in [0.1, 0.15) is 0 Å². The van der Waals surface area contributed by atoms with Gasteiger partial charge in [-0.25, -0.2) is 0 Å². The molecule has 0 radical (unpaired) electrons. The van der Waals surface area contributed by atoms with Crippen LogP contribution in [0.15, 0.2) is 0 Å². The minimum atomic E-state index is 0.633. The fourth-order valence-corrected chi connectivity index (χ4v) is 5.60. The Morgan fingerprint density at radius 2 is 1.74 bits per heavy atom. The van der Waals surface area contributed by atoms with E-state index in [1.54, 1.807) is 0 Å². The topological polar surface area (TPSA) is 0 Å². The summed E-state index contributed by atoms with van der Waals surface area (Å²) < 4.78 is 0. The standard InChI is InChI=1S/C18H34S/c1-11(2)18-13(4)9-16(18)10-17(19)14(5)15-7-6-12(3)8-15/h11-19H,6-10H2,1-5H3. The van der Waals surface area contributed by atoms with Gasteiger partial charge in [-0.1, -0.05) is 41.0 Å². The van der Waals surface area contributed by atoms with Gasteiger partial charge in [-0.2, -0.15) is 12.6 Å². The van der Waals surface area contributed by atoms with Crippen LogP contribution in [-0.2, 0) is 0 Å². The maximum atomic E-state index is 5.00. The van der Waals surface area contributed by atoms with Crippen LogP contribution in [0.3, 0.4) is 0 Å². The Balaban J connectivity index is 1.82. The van der Waals surface area contributed by atoms with E-state index in [9.17, 15) is 0 Å². The van der Waals surface area contributed by atoms with E-state index in [0.717, 1.165) is 41.4 Å². The van der Waals surface area contributed by atoms with Gasteiger partial charge in [-0.15, -0.1) is 0 Å². The van der Waals surface area contributed by atoms with Crippen molar-refractivity contribution in [3.8, 4) is 0 Å². The van der Waals surface area contributed by atoms with Gasteiger partial charge >= 0.3 is 0 Å². The van der Waals surface area contributed by atoms with Crippen molar-refractivity contribution in [2.75, 3.05) is 0 Å². The lowest BCUT2D eigenvalue weighted by atomic mass is 9.59. The summed E-state index contributed by atoms with van der Waals surface area (Å²) in [6.45, 7) is 12.1. The molecule has 0 spiro atoms. The number of rotatable bonds is 5. The Hall–Kier alpha value is 0.350. The zero-order chi connectivity index (χ0) is 14.2. The van der Waals surface area contributed by atoms with E-state index in [1.165, 1.54) is 32.1 Å². The highest BCUT2D eigenvalue weighted by atomic mass is 32.1. The van der Waals surface area contributed by atoms with Gasteiger partial charge in [0.2, 0.25) is 0 Å². The Labute approximate surface area is 126 Å². The molecule has 0 heterocycles. The lowest BCUT2D eigenvalue weighted by Gasteiger charge is -2.47. The van der Waals surface area contributed by atoms with Crippen LogP contribution in [0.25, 0.3) is 0 Å². The first kappa shape index (κ1) is 15.7. The van der Waals surface area contributed by atoms with E-state index in [2.05, 4.69) is 34.6 Å². The molecular weight excluding hydrogens is 248 g/mol. The smallest absolute Gasteiger partial charge is 0.00478 e. The van der Waals surface area contributed by atoms with Crippen LogP contribution >= 0.6 is 12.6 Å². The highest BCUT2D eigenvalue weighted by molar-refractivity contribution is 7.81. The van der Waals surface area contributed by atoms with Crippen molar-refractivity contribution in [1.82, 2.24) is 0 Å². The van der Waals surface area contributed by atoms with Crippen molar-refractivity contribution in [1.29, 1.82) is 0 Å². The van der Waals surface area contributed by atoms with Crippen LogP contribution in [0.1, 0.15) is 66.7 Å². The van der Waals surface area contributed by atoms with Crippen molar-refractivity contribution in [3.05, 3.63) is 0 Å². The average molecular weight is 283 g/mol. The van der Waals surface area contributed by atoms with Gasteiger partial charge in [0.15, 0.2) is 0 Å². The highest BCUT2D eigenvalue weighted by Crippen LogP contribution is 2.49. The van der Waals surface area contributed by atoms with E-state index in [4.69, 9.17) is 12.6 Å². The molecule has 19 heavy (non-hydrogen) atoms. The SMILES string of the molecule is CC1CCC(C(C)C(S)CC2CC(C)C2C(C)C)C1. The molecule has 0 aromatic carbocycles. The largest absolute Gasteiger partial charge is 0.176 e. The third kappa shape index (κ3) is 3.52. The summed E-state index contributed by atoms with van der Waals surface area (Å²) in [5.74, 6) is 6.45. The fraction of sp³-hybridized carbons (Fsp3) is 1.00. The second-order valence-corrected chi connectivity index (χ2v) is 8.80. The summed E-state index contributed by atoms with van der Waals surface area (Å²) in [6.07, 6.45) is 7.17. The summed E-state index contributed by atoms with van der Waals surface area (Å²) >= 11 is 5.00. The number of hydrogen-bond donors (Lipinski definition) is 1. The first-order valence-electron chi connectivity index (χ1n) is 8.58. The average Bonchev–Trinajstić information content (AvgIpc) is 2.72. The predicted molar refractivity (Wildman–Crippen MR) is 88.7 cm³/mol. The molecule has 2 fully saturated rings. The van der Waals surface area contributed by atoms with E-state index < -0.39 is 0 Å². The molecular formula is C18H34S. The number of thiol groups is 1. The maximum Gasteiger partial charge on any atom is 0.00478 e. The molecule has 7 atom stereocenters. The van der Waals surface area contributed by atoms with Crippen LogP contribution in [0.5, 0.6) is 0 Å². The molecule has 0 saturated heterocycles. The predicted octanol–water partition coefficient (Wildman–Crippen LogP) is 5.68. The molecule has 0 aromatic rings. The van der Waals surface area contributed by atoms with Crippen molar-refractivity contribution < 1.29 is 0 Å². The lowest BCUT2D eigenvalue weighted by Crippen LogP contribution is -2.40. The molecule has 2 aliphatic carbocycles. The molecule has 112 valence electrons. The van der Waals surface area contributed by atoms with Gasteiger partial charge in [0, 0.05) is 5.25 Å². The summed E-state index contributed by atoms with van der Waals surface area (Å²) in [5.41, 5.74) is 0. The minimum absolute atomic E-state index is 0.633. The third-order valence-electron chi connectivity index (χ3n) is 6.28. The van der Waals surface area contributed by atoms with Gasteiger partial charge in [-0.3, -0.25) is 0 Å². The van der Waals surface area contributed by atoms with Gasteiger partial charge < -0.3 is 0 Å². The Kier molecular flexibility index (Phi) is 5.31. The molecule has 2 rings (SSSR count). The van der Waals surface area contributed by atoms with Crippen molar-refractivity contribution >= 4 is 12.6 Å². The van der Waals surface area contributed by atoms with E-state index in [0.29, 0.717) is 5.25 Å². The van der Waals surface area contributed by atoms with Gasteiger partial charge in [-0.05, 0) is 67.1 Å². The van der Waals surface area contributed by atoms with Crippen LogP contribution in [0, 0.1) is 41.4 Å². The van der Waals surface area contributed by atoms with Crippen LogP contribution in [0.4, 0.5) is 0 Å². The van der Waals surface area contributed by atoms with Gasteiger partial charge in [0.05, 0.1) is 0 Å². The molecule has 0 aromatic heterocycles. The lowest BCUT2D eigenvalue weighted by molar-refractivity contribution is 0.0329. The van der Waals surface area contributed by atoms with Gasteiger partial charge in [0.25, 0.3) is 0 Å². The quantitative estimate of drug-likeness (QED) is 0.617. The monoisotopic (exact) mass is 282 g/mol. The second-order valence-electron chi connectivity index (χ2n) is 8.13. The zero-order valence-electron chi connectivity index (χ0n) is 13.6. The zero-order valence-corrected chi connectivity index (χ0v) is 14.5. The Morgan fingerprint density at radius 1 is 1.05 bits per heavy atom. The normalized spacial score (nSPS) is 42.2. The molecule has 0 bridgehead atoms. The van der Waals surface area contributed by atoms with Crippen LogP contribution < -0.4 is 0 Å². The molecule has 2 aliphatic rings. The molecule has 7 unspecified atom stereocenters. The Bertz CT molecular complexity index is 281. The maximum absolute atomic E-state index is 5.00. The highest BCUT2D eigenvalue weighted by Gasteiger charge is 2.41. The summed E-state index contributed by atoms with van der Waals surface area (Å²) in [7, 11) is 0. The summed E-state index contributed by atoms with van der Waals surface area (Å²) in [5, 5.41) is 0.633. The first-order chi connectivity index (χ1) is 8.90. The third-order valence-corrected chi connectivity index (χ3v) is 6.96. The van der Waals surface area contributed by atoms with Crippen molar-refractivity contribution in [2.45, 2.75) is 72.0 Å². The minimum Gasteiger partial charge on any atom is -0.176 e. The molecule has 0 N–H and O–H groups in total. The van der Waals surface area contributed by atoms with Crippen molar-refractivity contribution in [3.63, 3.8) is 0 Å². The molecule has 0 amide bonds. The van der Waals surface area contributed by atoms with Crippen molar-refractivity contribution in [2.24, 2.45) is 41.4 Å². The van der Waals surface area contributed by atoms with Crippen LogP contribution in [-0.4, -0.2) is 5.25 Å². The molecule has 0 nitrogen and oxygen atoms in total. The first-order valence-corrected chi connectivity index (χ1v) is 9.09. The van der Waals surface area contributed by atoms with E-state index in [-0.39, 0.29) is 0 Å². The Morgan fingerprint density at radius 3 is 2.21 bits per heavy atom.